The second-order valence-corrected chi connectivity index (χ2v) is 9.53. The van der Waals surface area contributed by atoms with Crippen LogP contribution in [0.3, 0.4) is 0 Å². The first-order valence-corrected chi connectivity index (χ1v) is 10.6. The summed E-state index contributed by atoms with van der Waals surface area (Å²) in [6.45, 7) is 8.34. The van der Waals surface area contributed by atoms with Crippen molar-refractivity contribution in [1.82, 2.24) is 9.62 Å². The molecule has 150 valence electrons. The van der Waals surface area contributed by atoms with Crippen molar-refractivity contribution in [3.63, 3.8) is 0 Å². The van der Waals surface area contributed by atoms with E-state index in [9.17, 15) is 18.0 Å². The third kappa shape index (κ3) is 5.77. The molecule has 1 aromatic rings. The summed E-state index contributed by atoms with van der Waals surface area (Å²) >= 11 is 0. The van der Waals surface area contributed by atoms with Crippen molar-refractivity contribution in [2.75, 3.05) is 19.7 Å². The van der Waals surface area contributed by atoms with E-state index in [1.807, 2.05) is 27.7 Å². The van der Waals surface area contributed by atoms with E-state index in [1.165, 1.54) is 28.6 Å². The van der Waals surface area contributed by atoms with E-state index < -0.39 is 16.0 Å². The summed E-state index contributed by atoms with van der Waals surface area (Å²) < 4.78 is 32.1. The summed E-state index contributed by atoms with van der Waals surface area (Å²) in [5.74, 6) is -0.423. The number of sulfonamides is 1. The molecule has 0 saturated carbocycles. The lowest BCUT2D eigenvalue weighted by Crippen LogP contribution is -2.42. The highest BCUT2D eigenvalue weighted by Gasteiger charge is 2.31. The Kier molecular flexibility index (Phi) is 7.00. The Morgan fingerprint density at radius 1 is 1.15 bits per heavy atom. The van der Waals surface area contributed by atoms with Gasteiger partial charge < -0.3 is 10.1 Å². The van der Waals surface area contributed by atoms with Crippen LogP contribution < -0.4 is 5.32 Å². The lowest BCUT2D eigenvalue weighted by Gasteiger charge is -2.34. The Morgan fingerprint density at radius 3 is 2.22 bits per heavy atom. The van der Waals surface area contributed by atoms with Gasteiger partial charge in [0.05, 0.1) is 10.5 Å². The summed E-state index contributed by atoms with van der Waals surface area (Å²) in [5, 5.41) is 2.62. The summed E-state index contributed by atoms with van der Waals surface area (Å²) in [7, 11) is -3.59. The average Bonchev–Trinajstić information content (AvgIpc) is 2.58. The van der Waals surface area contributed by atoms with Crippen LogP contribution in [0.2, 0.25) is 0 Å². The van der Waals surface area contributed by atoms with Crippen molar-refractivity contribution in [3.8, 4) is 0 Å². The fraction of sp³-hybridized carbons (Fsp3) is 0.579. The van der Waals surface area contributed by atoms with E-state index in [-0.39, 0.29) is 29.0 Å². The van der Waals surface area contributed by atoms with Crippen LogP contribution in [0.15, 0.2) is 29.2 Å². The van der Waals surface area contributed by atoms with Gasteiger partial charge in [-0.1, -0.05) is 13.8 Å². The van der Waals surface area contributed by atoms with E-state index in [0.717, 1.165) is 6.42 Å². The molecule has 1 saturated heterocycles. The van der Waals surface area contributed by atoms with Gasteiger partial charge in [0, 0.05) is 19.1 Å². The molecule has 0 radical (unpaired) electrons. The highest BCUT2D eigenvalue weighted by atomic mass is 32.2. The third-order valence-electron chi connectivity index (χ3n) is 4.35. The van der Waals surface area contributed by atoms with E-state index in [2.05, 4.69) is 5.32 Å². The van der Waals surface area contributed by atoms with Crippen molar-refractivity contribution in [2.24, 2.45) is 11.8 Å². The second-order valence-electron chi connectivity index (χ2n) is 7.59. The van der Waals surface area contributed by atoms with Crippen LogP contribution in [0.4, 0.5) is 0 Å². The first-order chi connectivity index (χ1) is 12.6. The standard InChI is InChI=1S/C19H28N2O5S/c1-13(2)20-18(22)12-26-19(23)16-5-7-17(8-6-16)27(24,25)21-10-14(3)9-15(4)11-21/h5-8,13-15H,9-12H2,1-4H3,(H,20,22)/t14-,15+. The van der Waals surface area contributed by atoms with E-state index in [4.69, 9.17) is 4.74 Å². The molecule has 1 fully saturated rings. The molecule has 1 heterocycles. The number of benzene rings is 1. The molecule has 0 bridgehead atoms. The average molecular weight is 397 g/mol. The number of carbonyl (C=O) groups is 2. The van der Waals surface area contributed by atoms with Gasteiger partial charge in [-0.15, -0.1) is 0 Å². The van der Waals surface area contributed by atoms with Crippen LogP contribution in [0, 0.1) is 11.8 Å². The highest BCUT2D eigenvalue weighted by Crippen LogP contribution is 2.26. The van der Waals surface area contributed by atoms with Gasteiger partial charge in [-0.2, -0.15) is 4.31 Å². The molecule has 2 rings (SSSR count). The molecule has 27 heavy (non-hydrogen) atoms. The maximum atomic E-state index is 12.8. The molecular weight excluding hydrogens is 368 g/mol. The quantitative estimate of drug-likeness (QED) is 0.743. The molecule has 1 aliphatic heterocycles. The smallest absolute Gasteiger partial charge is 0.338 e. The SMILES string of the molecule is CC(C)NC(=O)COC(=O)c1ccc(S(=O)(=O)N2C[C@H](C)C[C@H](C)C2)cc1. The van der Waals surface area contributed by atoms with Crippen LogP contribution in [0.5, 0.6) is 0 Å². The van der Waals surface area contributed by atoms with Crippen molar-refractivity contribution < 1.29 is 22.7 Å². The number of hydrogen-bond donors (Lipinski definition) is 1. The zero-order valence-electron chi connectivity index (χ0n) is 16.3. The first-order valence-electron chi connectivity index (χ1n) is 9.16. The predicted molar refractivity (Wildman–Crippen MR) is 102 cm³/mol. The van der Waals surface area contributed by atoms with E-state index in [0.29, 0.717) is 24.9 Å². The molecule has 1 N–H and O–H groups in total. The lowest BCUT2D eigenvalue weighted by atomic mass is 9.94. The number of piperidine rings is 1. The lowest BCUT2D eigenvalue weighted by molar-refractivity contribution is -0.124. The van der Waals surface area contributed by atoms with Crippen molar-refractivity contribution in [3.05, 3.63) is 29.8 Å². The summed E-state index contributed by atoms with van der Waals surface area (Å²) in [4.78, 5) is 23.7. The van der Waals surface area contributed by atoms with Gasteiger partial charge in [0.1, 0.15) is 0 Å². The highest BCUT2D eigenvalue weighted by molar-refractivity contribution is 7.89. The molecule has 0 unspecified atom stereocenters. The maximum Gasteiger partial charge on any atom is 0.338 e. The number of ether oxygens (including phenoxy) is 1. The van der Waals surface area contributed by atoms with Crippen LogP contribution in [-0.4, -0.2) is 50.3 Å². The molecule has 2 atom stereocenters. The number of rotatable bonds is 6. The molecule has 0 spiro atoms. The number of esters is 1. The van der Waals surface area contributed by atoms with Crippen molar-refractivity contribution in [1.29, 1.82) is 0 Å². The van der Waals surface area contributed by atoms with Crippen LogP contribution in [-0.2, 0) is 19.6 Å². The fourth-order valence-electron chi connectivity index (χ4n) is 3.29. The number of carbonyl (C=O) groups excluding carboxylic acids is 2. The van der Waals surface area contributed by atoms with Crippen LogP contribution in [0.25, 0.3) is 0 Å². The predicted octanol–water partition coefficient (Wildman–Crippen LogP) is 2.03. The molecule has 1 amide bonds. The molecule has 0 aliphatic carbocycles. The number of nitrogens with zero attached hydrogens (tertiary/aromatic N) is 1. The topological polar surface area (TPSA) is 92.8 Å². The largest absolute Gasteiger partial charge is 0.452 e. The van der Waals surface area contributed by atoms with E-state index >= 15 is 0 Å². The summed E-state index contributed by atoms with van der Waals surface area (Å²) in [5.41, 5.74) is 0.201. The van der Waals surface area contributed by atoms with Gasteiger partial charge in [0.15, 0.2) is 6.61 Å². The Bertz CT molecular complexity index is 764. The Labute approximate surface area is 161 Å². The van der Waals surface area contributed by atoms with Gasteiger partial charge >= 0.3 is 5.97 Å². The molecule has 8 heteroatoms. The molecule has 1 aromatic carbocycles. The minimum absolute atomic E-state index is 0.0408. The van der Waals surface area contributed by atoms with Gasteiger partial charge in [0.2, 0.25) is 10.0 Å². The zero-order chi connectivity index (χ0) is 20.2. The summed E-state index contributed by atoms with van der Waals surface area (Å²) in [6.07, 6.45) is 1.02. The van der Waals surface area contributed by atoms with Gasteiger partial charge in [-0.25, -0.2) is 13.2 Å². The van der Waals surface area contributed by atoms with Gasteiger partial charge in [-0.3, -0.25) is 4.79 Å². The normalized spacial score (nSPS) is 21.1. The Morgan fingerprint density at radius 2 is 1.70 bits per heavy atom. The van der Waals surface area contributed by atoms with Gasteiger partial charge in [0.25, 0.3) is 5.91 Å². The van der Waals surface area contributed by atoms with Crippen molar-refractivity contribution >= 4 is 21.9 Å². The van der Waals surface area contributed by atoms with Crippen LogP contribution in [0.1, 0.15) is 44.5 Å². The molecule has 1 aliphatic rings. The minimum atomic E-state index is -3.59. The van der Waals surface area contributed by atoms with Gasteiger partial charge in [-0.05, 0) is 56.4 Å². The fourth-order valence-corrected chi connectivity index (χ4v) is 4.97. The first kappa shape index (κ1) is 21.4. The minimum Gasteiger partial charge on any atom is -0.452 e. The third-order valence-corrected chi connectivity index (χ3v) is 6.19. The zero-order valence-corrected chi connectivity index (χ0v) is 17.1. The molecular formula is C19H28N2O5S. The number of nitrogens with one attached hydrogen (secondary N) is 1. The maximum absolute atomic E-state index is 12.8. The molecule has 7 nitrogen and oxygen atoms in total. The number of hydrogen-bond acceptors (Lipinski definition) is 5. The van der Waals surface area contributed by atoms with Crippen molar-refractivity contribution in [2.45, 2.75) is 45.1 Å². The number of amides is 1. The Hall–Kier alpha value is -1.93. The monoisotopic (exact) mass is 396 g/mol. The second kappa shape index (κ2) is 8.84. The molecule has 0 aromatic heterocycles. The summed E-state index contributed by atoms with van der Waals surface area (Å²) in [6, 6.07) is 5.59. The van der Waals surface area contributed by atoms with Crippen LogP contribution >= 0.6 is 0 Å². The van der Waals surface area contributed by atoms with E-state index in [1.54, 1.807) is 0 Å². The Balaban J connectivity index is 2.03.